The number of nitrogens with zero attached hydrogens (tertiary/aromatic N) is 2. The standard InChI is InChI=1S/C18H24N2O3/c1-20(2)14-11-12(5-9-19-14)17(21)23-16-13-6-10-22-15(13)18(16)7-3-4-8-18/h5,9,11,13,15-16H,3-4,6-8,10H2,1-2H3/t13-,15+,16+/m0/s1. The second-order valence-corrected chi connectivity index (χ2v) is 7.31. The van der Waals surface area contributed by atoms with Gasteiger partial charge in [0.2, 0.25) is 0 Å². The second-order valence-electron chi connectivity index (χ2n) is 7.31. The molecular weight excluding hydrogens is 292 g/mol. The third-order valence-corrected chi connectivity index (χ3v) is 5.87. The summed E-state index contributed by atoms with van der Waals surface area (Å²) in [5, 5.41) is 0. The molecule has 2 aliphatic carbocycles. The third kappa shape index (κ3) is 2.24. The first-order chi connectivity index (χ1) is 11.1. The topological polar surface area (TPSA) is 51.7 Å². The van der Waals surface area contributed by atoms with Crippen LogP contribution < -0.4 is 4.90 Å². The van der Waals surface area contributed by atoms with Crippen LogP contribution in [0.25, 0.3) is 0 Å². The fourth-order valence-electron chi connectivity index (χ4n) is 4.76. The van der Waals surface area contributed by atoms with Crippen molar-refractivity contribution in [3.63, 3.8) is 0 Å². The van der Waals surface area contributed by atoms with Gasteiger partial charge >= 0.3 is 5.97 Å². The molecule has 124 valence electrons. The van der Waals surface area contributed by atoms with Gasteiger partial charge in [0.15, 0.2) is 0 Å². The zero-order valence-electron chi connectivity index (χ0n) is 13.8. The molecule has 0 radical (unpaired) electrons. The van der Waals surface area contributed by atoms with Gasteiger partial charge in [0.25, 0.3) is 0 Å². The molecule has 2 saturated carbocycles. The average molecular weight is 316 g/mol. The zero-order chi connectivity index (χ0) is 16.0. The molecular formula is C18H24N2O3. The highest BCUT2D eigenvalue weighted by Crippen LogP contribution is 2.62. The summed E-state index contributed by atoms with van der Waals surface area (Å²) in [5.74, 6) is 0.940. The SMILES string of the molecule is CN(C)c1cc(C(=O)O[C@@H]2[C@H]3CCO[C@H]3C23CCCC3)ccn1. The number of esters is 1. The van der Waals surface area contributed by atoms with Crippen LogP contribution in [0.5, 0.6) is 0 Å². The van der Waals surface area contributed by atoms with Crippen molar-refractivity contribution in [2.75, 3.05) is 25.6 Å². The van der Waals surface area contributed by atoms with Crippen molar-refractivity contribution in [2.45, 2.75) is 44.3 Å². The fraction of sp³-hybridized carbons (Fsp3) is 0.667. The second kappa shape index (κ2) is 5.48. The quantitative estimate of drug-likeness (QED) is 0.803. The van der Waals surface area contributed by atoms with E-state index in [1.165, 1.54) is 12.8 Å². The number of carbonyl (C=O) groups is 1. The lowest BCUT2D eigenvalue weighted by Crippen LogP contribution is -2.63. The van der Waals surface area contributed by atoms with Crippen molar-refractivity contribution in [2.24, 2.45) is 11.3 Å². The molecule has 3 aliphatic rings. The Labute approximate surface area is 137 Å². The highest BCUT2D eigenvalue weighted by atomic mass is 16.6. The molecule has 0 aromatic carbocycles. The molecule has 5 heteroatoms. The number of pyridine rings is 1. The van der Waals surface area contributed by atoms with Crippen LogP contribution in [0.1, 0.15) is 42.5 Å². The van der Waals surface area contributed by atoms with Crippen molar-refractivity contribution in [3.05, 3.63) is 23.9 Å². The van der Waals surface area contributed by atoms with Crippen molar-refractivity contribution < 1.29 is 14.3 Å². The first kappa shape index (κ1) is 14.9. The van der Waals surface area contributed by atoms with Gasteiger partial charge < -0.3 is 14.4 Å². The molecule has 1 spiro atoms. The molecule has 3 fully saturated rings. The van der Waals surface area contributed by atoms with Gasteiger partial charge in [0.05, 0.1) is 11.7 Å². The zero-order valence-corrected chi connectivity index (χ0v) is 13.8. The molecule has 1 aliphatic heterocycles. The van der Waals surface area contributed by atoms with Crippen LogP contribution in [0.3, 0.4) is 0 Å². The smallest absolute Gasteiger partial charge is 0.338 e. The number of carbonyl (C=O) groups excluding carboxylic acids is 1. The van der Waals surface area contributed by atoms with Crippen LogP contribution in [-0.4, -0.2) is 43.9 Å². The number of rotatable bonds is 3. The molecule has 0 unspecified atom stereocenters. The summed E-state index contributed by atoms with van der Waals surface area (Å²) in [4.78, 5) is 18.8. The van der Waals surface area contributed by atoms with E-state index in [1.54, 1.807) is 18.3 Å². The van der Waals surface area contributed by atoms with Gasteiger partial charge in [0, 0.05) is 38.2 Å². The van der Waals surface area contributed by atoms with Crippen LogP contribution >= 0.6 is 0 Å². The summed E-state index contributed by atoms with van der Waals surface area (Å²) in [6.45, 7) is 0.811. The van der Waals surface area contributed by atoms with Crippen LogP contribution in [0.4, 0.5) is 5.82 Å². The summed E-state index contributed by atoms with van der Waals surface area (Å²) < 4.78 is 11.9. The number of hydrogen-bond donors (Lipinski definition) is 0. The largest absolute Gasteiger partial charge is 0.458 e. The number of ether oxygens (including phenoxy) is 2. The average Bonchev–Trinajstić information content (AvgIpc) is 3.21. The lowest BCUT2D eigenvalue weighted by molar-refractivity contribution is -0.198. The van der Waals surface area contributed by atoms with Crippen molar-refractivity contribution in [3.8, 4) is 0 Å². The van der Waals surface area contributed by atoms with Crippen LogP contribution in [0, 0.1) is 11.3 Å². The van der Waals surface area contributed by atoms with E-state index in [0.717, 1.165) is 31.7 Å². The maximum atomic E-state index is 12.6. The molecule has 0 bridgehead atoms. The maximum absolute atomic E-state index is 12.6. The Bertz CT molecular complexity index is 610. The molecule has 1 aromatic rings. The summed E-state index contributed by atoms with van der Waals surface area (Å²) in [6, 6.07) is 3.53. The van der Waals surface area contributed by atoms with Crippen LogP contribution in [0.2, 0.25) is 0 Å². The maximum Gasteiger partial charge on any atom is 0.338 e. The van der Waals surface area contributed by atoms with E-state index >= 15 is 0 Å². The Morgan fingerprint density at radius 1 is 1.39 bits per heavy atom. The minimum atomic E-state index is -0.225. The Kier molecular flexibility index (Phi) is 3.56. The normalized spacial score (nSPS) is 30.8. The minimum absolute atomic E-state index is 0.0287. The van der Waals surface area contributed by atoms with Gasteiger partial charge in [-0.2, -0.15) is 0 Å². The molecule has 0 N–H and O–H groups in total. The van der Waals surface area contributed by atoms with Gasteiger partial charge in [-0.3, -0.25) is 0 Å². The number of hydrogen-bond acceptors (Lipinski definition) is 5. The molecule has 0 amide bonds. The lowest BCUT2D eigenvalue weighted by atomic mass is 9.56. The van der Waals surface area contributed by atoms with Crippen molar-refractivity contribution in [1.29, 1.82) is 0 Å². The van der Waals surface area contributed by atoms with E-state index in [2.05, 4.69) is 4.98 Å². The Balaban J connectivity index is 1.53. The van der Waals surface area contributed by atoms with Gasteiger partial charge in [-0.05, 0) is 31.4 Å². The molecule has 23 heavy (non-hydrogen) atoms. The highest BCUT2D eigenvalue weighted by molar-refractivity contribution is 5.90. The fourth-order valence-corrected chi connectivity index (χ4v) is 4.76. The summed E-state index contributed by atoms with van der Waals surface area (Å²) in [5.41, 5.74) is 0.674. The van der Waals surface area contributed by atoms with E-state index in [9.17, 15) is 4.79 Å². The van der Waals surface area contributed by atoms with Crippen LogP contribution in [-0.2, 0) is 9.47 Å². The summed E-state index contributed by atoms with van der Waals surface area (Å²) in [6.07, 6.45) is 7.74. The minimum Gasteiger partial charge on any atom is -0.458 e. The Morgan fingerprint density at radius 2 is 2.17 bits per heavy atom. The predicted molar refractivity (Wildman–Crippen MR) is 86.5 cm³/mol. The van der Waals surface area contributed by atoms with Gasteiger partial charge in [-0.1, -0.05) is 12.8 Å². The van der Waals surface area contributed by atoms with Crippen molar-refractivity contribution >= 4 is 11.8 Å². The highest BCUT2D eigenvalue weighted by Gasteiger charge is 2.66. The number of aromatic nitrogens is 1. The first-order valence-electron chi connectivity index (χ1n) is 8.58. The van der Waals surface area contributed by atoms with E-state index < -0.39 is 0 Å². The van der Waals surface area contributed by atoms with E-state index in [4.69, 9.17) is 9.47 Å². The van der Waals surface area contributed by atoms with Gasteiger partial charge in [-0.25, -0.2) is 9.78 Å². The molecule has 2 heterocycles. The molecule has 1 aromatic heterocycles. The summed E-state index contributed by atoms with van der Waals surface area (Å²) in [7, 11) is 3.83. The van der Waals surface area contributed by atoms with E-state index in [1.807, 2.05) is 19.0 Å². The molecule has 3 atom stereocenters. The number of fused-ring (bicyclic) bond motifs is 2. The van der Waals surface area contributed by atoms with Gasteiger partial charge in [0.1, 0.15) is 11.9 Å². The third-order valence-electron chi connectivity index (χ3n) is 5.87. The van der Waals surface area contributed by atoms with E-state index in [0.29, 0.717) is 17.6 Å². The van der Waals surface area contributed by atoms with Crippen LogP contribution in [0.15, 0.2) is 18.3 Å². The monoisotopic (exact) mass is 316 g/mol. The Morgan fingerprint density at radius 3 is 2.91 bits per heavy atom. The lowest BCUT2D eigenvalue weighted by Gasteiger charge is -2.55. The molecule has 4 rings (SSSR count). The van der Waals surface area contributed by atoms with Crippen molar-refractivity contribution in [1.82, 2.24) is 4.98 Å². The Hall–Kier alpha value is -1.62. The summed E-state index contributed by atoms with van der Waals surface area (Å²) >= 11 is 0. The van der Waals surface area contributed by atoms with E-state index in [-0.39, 0.29) is 17.5 Å². The first-order valence-corrected chi connectivity index (χ1v) is 8.58. The molecule has 5 nitrogen and oxygen atoms in total. The predicted octanol–water partition coefficient (Wildman–Crippen LogP) is 2.65. The number of anilines is 1. The molecule has 1 saturated heterocycles. The van der Waals surface area contributed by atoms with Gasteiger partial charge in [-0.15, -0.1) is 0 Å².